The number of rotatable bonds is 9. The summed E-state index contributed by atoms with van der Waals surface area (Å²) in [4.78, 5) is 12.6. The Balaban J connectivity index is 0.00000364. The molecule has 0 unspecified atom stereocenters. The molecular weight excluding hydrogens is 364 g/mol. The van der Waals surface area contributed by atoms with Gasteiger partial charge in [0.2, 0.25) is 0 Å². The van der Waals surface area contributed by atoms with Crippen molar-refractivity contribution in [3.05, 3.63) is 59.7 Å². The Bertz CT molecular complexity index is 772. The lowest BCUT2D eigenvalue weighted by atomic mass is 10.1. The van der Waals surface area contributed by atoms with E-state index in [0.29, 0.717) is 6.61 Å². The number of carbonyl (C=O) groups is 1. The highest BCUT2D eigenvalue weighted by atomic mass is 35.5. The number of nitrogens with one attached hydrogen (secondary N) is 1. The van der Waals surface area contributed by atoms with Crippen LogP contribution in [0.15, 0.2) is 48.5 Å². The molecule has 2 N–H and O–H groups in total. The average Bonchev–Trinajstić information content (AvgIpc) is 2.61. The molecule has 0 bridgehead atoms. The maximum atomic E-state index is 10.8. The highest BCUT2D eigenvalue weighted by molar-refractivity contribution is 5.85. The minimum absolute atomic E-state index is 0. The van der Waals surface area contributed by atoms with E-state index in [1.807, 2.05) is 67.4 Å². The quantitative estimate of drug-likeness (QED) is 0.507. The van der Waals surface area contributed by atoms with Crippen molar-refractivity contribution < 1.29 is 14.6 Å². The van der Waals surface area contributed by atoms with Crippen molar-refractivity contribution in [2.24, 2.45) is 0 Å². The van der Waals surface area contributed by atoms with Gasteiger partial charge >= 0.3 is 5.97 Å². The van der Waals surface area contributed by atoms with Crippen LogP contribution in [0, 0.1) is 12.5 Å². The average molecular weight is 389 g/mol. The number of carboxylic acid groups (broad SMARTS) is 1. The van der Waals surface area contributed by atoms with Crippen LogP contribution in [0.25, 0.3) is 0 Å². The third-order valence-electron chi connectivity index (χ3n) is 4.14. The number of hydrogen-bond acceptors (Lipinski definition) is 4. The molecule has 0 aliphatic carbocycles. The lowest BCUT2D eigenvalue weighted by molar-refractivity contribution is -0.138. The molecule has 2 aromatic rings. The van der Waals surface area contributed by atoms with Crippen molar-refractivity contribution in [1.29, 1.82) is 0 Å². The molecule has 6 heteroatoms. The first-order valence-electron chi connectivity index (χ1n) is 8.42. The van der Waals surface area contributed by atoms with Gasteiger partial charge in [0.15, 0.2) is 0 Å². The number of anilines is 1. The van der Waals surface area contributed by atoms with Gasteiger partial charge < -0.3 is 15.2 Å². The van der Waals surface area contributed by atoms with Crippen molar-refractivity contribution in [1.82, 2.24) is 4.90 Å². The van der Waals surface area contributed by atoms with E-state index in [0.717, 1.165) is 29.0 Å². The first kappa shape index (κ1) is 22.4. The molecule has 0 aliphatic heterocycles. The SMILES string of the molecule is C#CNc1cccc(COc2ccc(C[C@@H](C)N(C)CC(=O)O)cc2)c1.Cl. The Kier molecular flexibility index (Phi) is 9.21. The molecule has 5 nitrogen and oxygen atoms in total. The van der Waals surface area contributed by atoms with Crippen molar-refractivity contribution >= 4 is 24.1 Å². The van der Waals surface area contributed by atoms with Crippen molar-refractivity contribution in [3.8, 4) is 18.2 Å². The third-order valence-corrected chi connectivity index (χ3v) is 4.14. The Labute approximate surface area is 166 Å². The molecule has 144 valence electrons. The van der Waals surface area contributed by atoms with Gasteiger partial charge in [0.05, 0.1) is 6.54 Å². The number of carboxylic acids is 1. The van der Waals surface area contributed by atoms with E-state index in [-0.39, 0.29) is 25.0 Å². The summed E-state index contributed by atoms with van der Waals surface area (Å²) in [7, 11) is 1.82. The van der Waals surface area contributed by atoms with E-state index >= 15 is 0 Å². The van der Waals surface area contributed by atoms with Gasteiger partial charge in [0.25, 0.3) is 0 Å². The molecule has 0 aromatic heterocycles. The van der Waals surface area contributed by atoms with Crippen LogP contribution >= 0.6 is 12.4 Å². The molecule has 2 rings (SSSR count). The summed E-state index contributed by atoms with van der Waals surface area (Å²) in [6.45, 7) is 2.51. The van der Waals surface area contributed by atoms with Gasteiger partial charge in [-0.25, -0.2) is 0 Å². The molecular formula is C21H25ClN2O3. The number of halogens is 1. The number of terminal acetylenes is 1. The summed E-state index contributed by atoms with van der Waals surface area (Å²) < 4.78 is 5.82. The molecule has 0 aliphatic rings. The highest BCUT2D eigenvalue weighted by Gasteiger charge is 2.12. The van der Waals surface area contributed by atoms with Crippen LogP contribution in [0.1, 0.15) is 18.1 Å². The van der Waals surface area contributed by atoms with E-state index in [9.17, 15) is 4.79 Å². The zero-order valence-electron chi connectivity index (χ0n) is 15.5. The second-order valence-corrected chi connectivity index (χ2v) is 6.26. The van der Waals surface area contributed by atoms with E-state index in [4.69, 9.17) is 16.3 Å². The highest BCUT2D eigenvalue weighted by Crippen LogP contribution is 2.17. The monoisotopic (exact) mass is 388 g/mol. The van der Waals surface area contributed by atoms with Crippen LogP contribution < -0.4 is 10.1 Å². The molecule has 0 saturated carbocycles. The summed E-state index contributed by atoms with van der Waals surface area (Å²) in [6, 6.07) is 18.2. The summed E-state index contributed by atoms with van der Waals surface area (Å²) >= 11 is 0. The first-order chi connectivity index (χ1) is 12.5. The molecule has 0 heterocycles. The topological polar surface area (TPSA) is 61.8 Å². The van der Waals surface area contributed by atoms with Crippen LogP contribution in [-0.2, 0) is 17.8 Å². The molecule has 0 fully saturated rings. The number of benzene rings is 2. The van der Waals surface area contributed by atoms with Gasteiger partial charge in [-0.3, -0.25) is 9.69 Å². The minimum atomic E-state index is -0.815. The second kappa shape index (κ2) is 11.1. The van der Waals surface area contributed by atoms with Crippen LogP contribution in [0.4, 0.5) is 5.69 Å². The van der Waals surface area contributed by atoms with Crippen molar-refractivity contribution in [3.63, 3.8) is 0 Å². The predicted octanol–water partition coefficient (Wildman–Crippen LogP) is 3.64. The number of nitrogens with zero attached hydrogens (tertiary/aromatic N) is 1. The second-order valence-electron chi connectivity index (χ2n) is 6.26. The third kappa shape index (κ3) is 7.61. The van der Waals surface area contributed by atoms with Gasteiger partial charge in [-0.2, -0.15) is 0 Å². The number of likely N-dealkylation sites (N-methyl/N-ethyl adjacent to an activating group) is 1. The van der Waals surface area contributed by atoms with Gasteiger partial charge in [0.1, 0.15) is 12.4 Å². The maximum absolute atomic E-state index is 10.8. The van der Waals surface area contributed by atoms with E-state index < -0.39 is 5.97 Å². The summed E-state index contributed by atoms with van der Waals surface area (Å²) in [6.07, 6.45) is 6.02. The zero-order valence-corrected chi connectivity index (χ0v) is 16.3. The molecule has 0 amide bonds. The fourth-order valence-electron chi connectivity index (χ4n) is 2.58. The summed E-state index contributed by atoms with van der Waals surface area (Å²) in [5, 5.41) is 11.7. The van der Waals surface area contributed by atoms with Crippen molar-refractivity contribution in [2.45, 2.75) is 26.0 Å². The smallest absolute Gasteiger partial charge is 0.317 e. The maximum Gasteiger partial charge on any atom is 0.317 e. The van der Waals surface area contributed by atoms with Crippen molar-refractivity contribution in [2.75, 3.05) is 18.9 Å². The Morgan fingerprint density at radius 3 is 2.59 bits per heavy atom. The first-order valence-corrected chi connectivity index (χ1v) is 8.42. The summed E-state index contributed by atoms with van der Waals surface area (Å²) in [5.74, 6) is -0.0276. The Hall–Kier alpha value is -2.68. The molecule has 0 radical (unpaired) electrons. The van der Waals surface area contributed by atoms with Crippen LogP contribution in [0.2, 0.25) is 0 Å². The fraction of sp³-hybridized carbons (Fsp3) is 0.286. The van der Waals surface area contributed by atoms with Crippen LogP contribution in [0.3, 0.4) is 0 Å². The standard InChI is InChI=1S/C21H24N2O3.ClH/c1-4-22-19-7-5-6-18(13-19)15-26-20-10-8-17(9-11-20)12-16(2)23(3)14-21(24)25;/h1,5-11,13,16,22H,12,14-15H2,2-3H3,(H,24,25);1H/t16-;/m1./s1. The van der Waals surface area contributed by atoms with E-state index in [1.54, 1.807) is 0 Å². The van der Waals surface area contributed by atoms with E-state index in [2.05, 4.69) is 11.4 Å². The number of ether oxygens (including phenoxy) is 1. The van der Waals surface area contributed by atoms with Crippen LogP contribution in [-0.4, -0.2) is 35.6 Å². The molecule has 2 aromatic carbocycles. The lowest BCUT2D eigenvalue weighted by Gasteiger charge is -2.22. The van der Waals surface area contributed by atoms with Gasteiger partial charge in [-0.05, 0) is 55.8 Å². The zero-order chi connectivity index (χ0) is 18.9. The number of aliphatic carboxylic acids is 1. The molecule has 27 heavy (non-hydrogen) atoms. The predicted molar refractivity (Wildman–Crippen MR) is 110 cm³/mol. The normalized spacial score (nSPS) is 11.2. The Morgan fingerprint density at radius 1 is 1.26 bits per heavy atom. The van der Waals surface area contributed by atoms with E-state index in [1.165, 1.54) is 0 Å². The largest absolute Gasteiger partial charge is 0.489 e. The lowest BCUT2D eigenvalue weighted by Crippen LogP contribution is -2.35. The summed E-state index contributed by atoms with van der Waals surface area (Å²) in [5.41, 5.74) is 3.03. The molecule has 1 atom stereocenters. The van der Waals surface area contributed by atoms with Gasteiger partial charge in [-0.1, -0.05) is 30.7 Å². The number of hydrogen-bond donors (Lipinski definition) is 2. The van der Waals surface area contributed by atoms with Gasteiger partial charge in [-0.15, -0.1) is 12.4 Å². The van der Waals surface area contributed by atoms with Crippen LogP contribution in [0.5, 0.6) is 5.75 Å². The fourth-order valence-corrected chi connectivity index (χ4v) is 2.58. The minimum Gasteiger partial charge on any atom is -0.489 e. The Morgan fingerprint density at radius 2 is 1.96 bits per heavy atom. The van der Waals surface area contributed by atoms with Gasteiger partial charge in [0, 0.05) is 17.8 Å². The molecule has 0 spiro atoms. The molecule has 0 saturated heterocycles.